The van der Waals surface area contributed by atoms with E-state index in [-0.39, 0.29) is 30.0 Å². The number of rotatable bonds is 12. The van der Waals surface area contributed by atoms with Crippen molar-refractivity contribution in [2.75, 3.05) is 12.3 Å². The van der Waals surface area contributed by atoms with Crippen molar-refractivity contribution in [3.05, 3.63) is 105 Å². The van der Waals surface area contributed by atoms with Crippen molar-refractivity contribution in [3.8, 4) is 0 Å². The molecule has 0 saturated carbocycles. The standard InChI is InChI=1S/C30H34Cl2N2O2S/c1-21(2)17-33-30(36)28(16-23-11-5-4-6-12-23)34(18-25-26(31)14-9-15-27(25)32)29(35)20-37-19-24-13-8-7-10-22(24)3/h4-15,21,28H,16-20H2,1-3H3,(H,33,36). The number of nitrogens with one attached hydrogen (secondary N) is 1. The minimum absolute atomic E-state index is 0.129. The predicted octanol–water partition coefficient (Wildman–Crippen LogP) is 6.95. The minimum atomic E-state index is -0.708. The highest BCUT2D eigenvalue weighted by Crippen LogP contribution is 2.28. The van der Waals surface area contributed by atoms with Crippen LogP contribution in [-0.2, 0) is 28.3 Å². The van der Waals surface area contributed by atoms with Crippen molar-refractivity contribution in [1.82, 2.24) is 10.2 Å². The second-order valence-electron chi connectivity index (χ2n) is 9.49. The average Bonchev–Trinajstić information content (AvgIpc) is 2.87. The number of amides is 2. The summed E-state index contributed by atoms with van der Waals surface area (Å²) in [6.07, 6.45) is 0.390. The Bertz CT molecular complexity index is 1170. The maximum absolute atomic E-state index is 13.8. The SMILES string of the molecule is Cc1ccccc1CSCC(=O)N(Cc1c(Cl)cccc1Cl)C(Cc1ccccc1)C(=O)NCC(C)C. The Kier molecular flexibility index (Phi) is 11.4. The third-order valence-electron chi connectivity index (χ3n) is 6.09. The van der Waals surface area contributed by atoms with Crippen molar-refractivity contribution in [1.29, 1.82) is 0 Å². The topological polar surface area (TPSA) is 49.4 Å². The maximum Gasteiger partial charge on any atom is 0.243 e. The molecule has 0 aliphatic heterocycles. The van der Waals surface area contributed by atoms with Gasteiger partial charge in [0.05, 0.1) is 5.75 Å². The summed E-state index contributed by atoms with van der Waals surface area (Å²) in [4.78, 5) is 28.9. The third-order valence-corrected chi connectivity index (χ3v) is 7.76. The molecular formula is C30H34Cl2N2O2S. The van der Waals surface area contributed by atoms with Crippen LogP contribution in [0.2, 0.25) is 10.0 Å². The van der Waals surface area contributed by atoms with Crippen LogP contribution in [0.15, 0.2) is 72.8 Å². The second-order valence-corrected chi connectivity index (χ2v) is 11.3. The van der Waals surface area contributed by atoms with Gasteiger partial charge in [0.1, 0.15) is 6.04 Å². The molecule has 1 N–H and O–H groups in total. The number of carbonyl (C=O) groups is 2. The fraction of sp³-hybridized carbons (Fsp3) is 0.333. The maximum atomic E-state index is 13.8. The van der Waals surface area contributed by atoms with Gasteiger partial charge in [-0.2, -0.15) is 0 Å². The highest BCUT2D eigenvalue weighted by molar-refractivity contribution is 7.99. The Morgan fingerprint density at radius 1 is 0.919 bits per heavy atom. The van der Waals surface area contributed by atoms with E-state index < -0.39 is 6.04 Å². The van der Waals surface area contributed by atoms with Crippen molar-refractivity contribution in [3.63, 3.8) is 0 Å². The van der Waals surface area contributed by atoms with Crippen LogP contribution >= 0.6 is 35.0 Å². The predicted molar refractivity (Wildman–Crippen MR) is 156 cm³/mol. The van der Waals surface area contributed by atoms with E-state index in [1.54, 1.807) is 34.9 Å². The summed E-state index contributed by atoms with van der Waals surface area (Å²) >= 11 is 14.5. The van der Waals surface area contributed by atoms with Gasteiger partial charge in [-0.25, -0.2) is 0 Å². The monoisotopic (exact) mass is 556 g/mol. The van der Waals surface area contributed by atoms with Crippen LogP contribution in [0.1, 0.15) is 36.1 Å². The summed E-state index contributed by atoms with van der Waals surface area (Å²) < 4.78 is 0. The highest BCUT2D eigenvalue weighted by Gasteiger charge is 2.31. The number of thioether (sulfide) groups is 1. The first kappa shape index (κ1) is 29.1. The van der Waals surface area contributed by atoms with Crippen LogP contribution in [-0.4, -0.2) is 35.1 Å². The van der Waals surface area contributed by atoms with E-state index in [1.165, 1.54) is 11.1 Å². The molecule has 0 radical (unpaired) electrons. The zero-order chi connectivity index (χ0) is 26.8. The Hall–Kier alpha value is -2.47. The fourth-order valence-electron chi connectivity index (χ4n) is 3.93. The zero-order valence-electron chi connectivity index (χ0n) is 21.5. The molecule has 7 heteroatoms. The highest BCUT2D eigenvalue weighted by atomic mass is 35.5. The molecule has 3 aromatic rings. The Morgan fingerprint density at radius 3 is 2.22 bits per heavy atom. The van der Waals surface area contributed by atoms with Gasteiger partial charge < -0.3 is 10.2 Å². The molecule has 0 fully saturated rings. The van der Waals surface area contributed by atoms with Crippen LogP contribution < -0.4 is 5.32 Å². The van der Waals surface area contributed by atoms with Crippen molar-refractivity contribution < 1.29 is 9.59 Å². The summed E-state index contributed by atoms with van der Waals surface area (Å²) in [5.74, 6) is 0.919. The first-order chi connectivity index (χ1) is 17.8. The van der Waals surface area contributed by atoms with E-state index in [0.29, 0.717) is 34.3 Å². The summed E-state index contributed by atoms with van der Waals surface area (Å²) in [7, 11) is 0. The number of hydrogen-bond donors (Lipinski definition) is 1. The summed E-state index contributed by atoms with van der Waals surface area (Å²) in [6.45, 7) is 6.83. The molecule has 0 spiro atoms. The largest absolute Gasteiger partial charge is 0.354 e. The van der Waals surface area contributed by atoms with Gasteiger partial charge >= 0.3 is 0 Å². The van der Waals surface area contributed by atoms with Gasteiger partial charge in [-0.15, -0.1) is 11.8 Å². The number of carbonyl (C=O) groups excluding carboxylic acids is 2. The quantitative estimate of drug-likeness (QED) is 0.262. The van der Waals surface area contributed by atoms with Gasteiger partial charge in [0.25, 0.3) is 0 Å². The average molecular weight is 558 g/mol. The van der Waals surface area contributed by atoms with Crippen molar-refractivity contribution in [2.45, 2.75) is 45.5 Å². The number of hydrogen-bond acceptors (Lipinski definition) is 3. The molecule has 0 aromatic heterocycles. The van der Waals surface area contributed by atoms with E-state index in [2.05, 4.69) is 24.4 Å². The van der Waals surface area contributed by atoms with Gasteiger partial charge in [-0.3, -0.25) is 9.59 Å². The number of nitrogens with zero attached hydrogens (tertiary/aromatic N) is 1. The molecule has 196 valence electrons. The third kappa shape index (κ3) is 8.80. The molecule has 1 unspecified atom stereocenters. The molecule has 0 aliphatic carbocycles. The molecule has 3 aromatic carbocycles. The molecule has 1 atom stereocenters. The van der Waals surface area contributed by atoms with Crippen LogP contribution in [0.5, 0.6) is 0 Å². The van der Waals surface area contributed by atoms with Crippen LogP contribution in [0.4, 0.5) is 0 Å². The smallest absolute Gasteiger partial charge is 0.243 e. The lowest BCUT2D eigenvalue weighted by molar-refractivity contribution is -0.139. The van der Waals surface area contributed by atoms with E-state index >= 15 is 0 Å². The molecule has 0 heterocycles. The Morgan fingerprint density at radius 2 is 1.57 bits per heavy atom. The lowest BCUT2D eigenvalue weighted by atomic mass is 10.0. The molecule has 37 heavy (non-hydrogen) atoms. The first-order valence-corrected chi connectivity index (χ1v) is 14.3. The van der Waals surface area contributed by atoms with Crippen molar-refractivity contribution >= 4 is 46.8 Å². The first-order valence-electron chi connectivity index (χ1n) is 12.4. The number of benzene rings is 3. The molecule has 3 rings (SSSR count). The Balaban J connectivity index is 1.90. The summed E-state index contributed by atoms with van der Waals surface area (Å²) in [5.41, 5.74) is 3.99. The fourth-order valence-corrected chi connectivity index (χ4v) is 5.44. The normalized spacial score (nSPS) is 11.8. The van der Waals surface area contributed by atoms with E-state index in [9.17, 15) is 9.59 Å². The number of halogens is 2. The van der Waals surface area contributed by atoms with Crippen LogP contribution in [0.25, 0.3) is 0 Å². The van der Waals surface area contributed by atoms with Gasteiger partial charge in [0, 0.05) is 40.9 Å². The Labute approximate surface area is 234 Å². The molecular weight excluding hydrogens is 523 g/mol. The van der Waals surface area contributed by atoms with Crippen LogP contribution in [0, 0.1) is 12.8 Å². The number of aryl methyl sites for hydroxylation is 1. The van der Waals surface area contributed by atoms with E-state index in [1.807, 2.05) is 56.3 Å². The summed E-state index contributed by atoms with van der Waals surface area (Å²) in [5, 5.41) is 3.98. The lowest BCUT2D eigenvalue weighted by Crippen LogP contribution is -2.51. The molecule has 0 bridgehead atoms. The lowest BCUT2D eigenvalue weighted by Gasteiger charge is -2.32. The minimum Gasteiger partial charge on any atom is -0.354 e. The van der Waals surface area contributed by atoms with E-state index in [4.69, 9.17) is 23.2 Å². The van der Waals surface area contributed by atoms with Crippen LogP contribution in [0.3, 0.4) is 0 Å². The molecule has 0 aliphatic rings. The molecule has 4 nitrogen and oxygen atoms in total. The summed E-state index contributed by atoms with van der Waals surface area (Å²) in [6, 6.07) is 22.5. The molecule has 0 saturated heterocycles. The van der Waals surface area contributed by atoms with E-state index in [0.717, 1.165) is 5.56 Å². The molecule has 2 amide bonds. The van der Waals surface area contributed by atoms with Crippen molar-refractivity contribution in [2.24, 2.45) is 5.92 Å². The second kappa shape index (κ2) is 14.5. The van der Waals surface area contributed by atoms with Gasteiger partial charge in [0.15, 0.2) is 0 Å². The van der Waals surface area contributed by atoms with Gasteiger partial charge in [-0.1, -0.05) is 97.7 Å². The van der Waals surface area contributed by atoms with Gasteiger partial charge in [-0.05, 0) is 41.7 Å². The van der Waals surface area contributed by atoms with Gasteiger partial charge in [0.2, 0.25) is 11.8 Å². The zero-order valence-corrected chi connectivity index (χ0v) is 23.9.